The summed E-state index contributed by atoms with van der Waals surface area (Å²) in [5, 5.41) is 10.3. The molecule has 0 atom stereocenters. The molecule has 0 spiro atoms. The van der Waals surface area contributed by atoms with E-state index in [-0.39, 0.29) is 0 Å². The summed E-state index contributed by atoms with van der Waals surface area (Å²) in [6.45, 7) is 1.56. The molecule has 3 heteroatoms. The van der Waals surface area contributed by atoms with Gasteiger partial charge in [0, 0.05) is 19.3 Å². The minimum Gasteiger partial charge on any atom is -0.389 e. The van der Waals surface area contributed by atoms with E-state index in [0.717, 1.165) is 44.5 Å². The van der Waals surface area contributed by atoms with E-state index < -0.39 is 5.60 Å². The fourth-order valence-corrected chi connectivity index (χ4v) is 2.52. The lowest BCUT2D eigenvalue weighted by Gasteiger charge is -2.28. The molecule has 0 aromatic carbocycles. The summed E-state index contributed by atoms with van der Waals surface area (Å²) in [7, 11) is 2.05. The third kappa shape index (κ3) is 3.03. The molecule has 0 amide bonds. The van der Waals surface area contributed by atoms with Gasteiger partial charge in [0.05, 0.1) is 11.3 Å². The van der Waals surface area contributed by atoms with E-state index in [2.05, 4.69) is 9.88 Å². The Labute approximate surface area is 97.1 Å². The fourth-order valence-electron chi connectivity index (χ4n) is 2.52. The van der Waals surface area contributed by atoms with E-state index >= 15 is 0 Å². The van der Waals surface area contributed by atoms with Gasteiger partial charge in [-0.25, -0.2) is 0 Å². The van der Waals surface area contributed by atoms with Crippen molar-refractivity contribution in [3.05, 3.63) is 30.1 Å². The van der Waals surface area contributed by atoms with Gasteiger partial charge in [-0.1, -0.05) is 18.9 Å². The van der Waals surface area contributed by atoms with Gasteiger partial charge in [-0.05, 0) is 32.0 Å². The van der Waals surface area contributed by atoms with Gasteiger partial charge < -0.3 is 5.11 Å². The normalized spacial score (nSPS) is 19.2. The van der Waals surface area contributed by atoms with Crippen molar-refractivity contribution >= 4 is 0 Å². The number of aromatic nitrogens is 1. The quantitative estimate of drug-likeness (QED) is 0.841. The number of likely N-dealkylation sites (N-methyl/N-ethyl adjacent to an activating group) is 1. The highest BCUT2D eigenvalue weighted by Crippen LogP contribution is 2.30. The average Bonchev–Trinajstić information content (AvgIpc) is 2.66. The maximum absolute atomic E-state index is 10.3. The Balaban J connectivity index is 1.86. The molecule has 0 radical (unpaired) electrons. The lowest BCUT2D eigenvalue weighted by molar-refractivity contribution is 0.0143. The SMILES string of the molecule is CN(Cc1ccccn1)CC1(O)CCCC1. The summed E-state index contributed by atoms with van der Waals surface area (Å²) in [6, 6.07) is 5.95. The maximum Gasteiger partial charge on any atom is 0.0774 e. The summed E-state index contributed by atoms with van der Waals surface area (Å²) in [5.74, 6) is 0. The molecule has 16 heavy (non-hydrogen) atoms. The summed E-state index contributed by atoms with van der Waals surface area (Å²) in [5.41, 5.74) is 0.607. The first-order valence-corrected chi connectivity index (χ1v) is 5.99. The number of pyridine rings is 1. The molecule has 1 aliphatic rings. The van der Waals surface area contributed by atoms with Gasteiger partial charge in [0.25, 0.3) is 0 Å². The zero-order chi connectivity index (χ0) is 11.4. The van der Waals surface area contributed by atoms with E-state index in [1.54, 1.807) is 0 Å². The molecule has 1 aromatic rings. The van der Waals surface area contributed by atoms with E-state index in [0.29, 0.717) is 0 Å². The third-order valence-corrected chi connectivity index (χ3v) is 3.26. The Hall–Kier alpha value is -0.930. The molecule has 3 nitrogen and oxygen atoms in total. The Morgan fingerprint density at radius 1 is 1.38 bits per heavy atom. The Kier molecular flexibility index (Phi) is 3.56. The molecule has 88 valence electrons. The van der Waals surface area contributed by atoms with Crippen molar-refractivity contribution < 1.29 is 5.11 Å². The number of hydrogen-bond acceptors (Lipinski definition) is 3. The van der Waals surface area contributed by atoms with Gasteiger partial charge in [-0.2, -0.15) is 0 Å². The molecule has 0 bridgehead atoms. The predicted octanol–water partition coefficient (Wildman–Crippen LogP) is 1.82. The van der Waals surface area contributed by atoms with Gasteiger partial charge in [0.2, 0.25) is 0 Å². The van der Waals surface area contributed by atoms with Crippen LogP contribution in [0.25, 0.3) is 0 Å². The van der Waals surface area contributed by atoms with Crippen LogP contribution in [-0.4, -0.2) is 34.2 Å². The minimum absolute atomic E-state index is 0.455. The van der Waals surface area contributed by atoms with Gasteiger partial charge >= 0.3 is 0 Å². The van der Waals surface area contributed by atoms with Crippen molar-refractivity contribution in [2.24, 2.45) is 0 Å². The lowest BCUT2D eigenvalue weighted by atomic mass is 10.0. The lowest BCUT2D eigenvalue weighted by Crippen LogP contribution is -2.38. The van der Waals surface area contributed by atoms with Gasteiger partial charge in [-0.15, -0.1) is 0 Å². The van der Waals surface area contributed by atoms with Crippen molar-refractivity contribution in [1.29, 1.82) is 0 Å². The number of aliphatic hydroxyl groups is 1. The van der Waals surface area contributed by atoms with Crippen molar-refractivity contribution in [2.45, 2.75) is 37.8 Å². The molecule has 1 saturated carbocycles. The number of hydrogen-bond donors (Lipinski definition) is 1. The van der Waals surface area contributed by atoms with Crippen LogP contribution in [0.3, 0.4) is 0 Å². The first-order chi connectivity index (χ1) is 7.68. The molecular weight excluding hydrogens is 200 g/mol. The highest BCUT2D eigenvalue weighted by Gasteiger charge is 2.32. The summed E-state index contributed by atoms with van der Waals surface area (Å²) in [6.07, 6.45) is 6.02. The largest absolute Gasteiger partial charge is 0.389 e. The standard InChI is InChI=1S/C13H20N2O/c1-15(10-12-6-2-5-9-14-12)11-13(16)7-3-4-8-13/h2,5-6,9,16H,3-4,7-8,10-11H2,1H3. The van der Waals surface area contributed by atoms with Gasteiger partial charge in [-0.3, -0.25) is 9.88 Å². The topological polar surface area (TPSA) is 36.4 Å². The summed E-state index contributed by atoms with van der Waals surface area (Å²) in [4.78, 5) is 6.45. The second-order valence-electron chi connectivity index (χ2n) is 4.92. The van der Waals surface area contributed by atoms with Gasteiger partial charge in [0.15, 0.2) is 0 Å². The van der Waals surface area contributed by atoms with Crippen molar-refractivity contribution in [2.75, 3.05) is 13.6 Å². The first-order valence-electron chi connectivity index (χ1n) is 5.99. The van der Waals surface area contributed by atoms with E-state index in [9.17, 15) is 5.11 Å². The van der Waals surface area contributed by atoms with Gasteiger partial charge in [0.1, 0.15) is 0 Å². The van der Waals surface area contributed by atoms with Crippen LogP contribution in [0.15, 0.2) is 24.4 Å². The predicted molar refractivity (Wildman–Crippen MR) is 64.0 cm³/mol. The van der Waals surface area contributed by atoms with Crippen molar-refractivity contribution in [1.82, 2.24) is 9.88 Å². The summed E-state index contributed by atoms with van der Waals surface area (Å²) >= 11 is 0. The molecule has 1 fully saturated rings. The number of nitrogens with zero attached hydrogens (tertiary/aromatic N) is 2. The van der Waals surface area contributed by atoms with Crippen LogP contribution in [0.4, 0.5) is 0 Å². The molecule has 1 aliphatic carbocycles. The van der Waals surface area contributed by atoms with Crippen LogP contribution in [-0.2, 0) is 6.54 Å². The zero-order valence-corrected chi connectivity index (χ0v) is 9.89. The molecule has 1 heterocycles. The Morgan fingerprint density at radius 2 is 2.12 bits per heavy atom. The molecule has 0 unspecified atom stereocenters. The van der Waals surface area contributed by atoms with Crippen LogP contribution in [0.1, 0.15) is 31.4 Å². The monoisotopic (exact) mass is 220 g/mol. The van der Waals surface area contributed by atoms with Crippen LogP contribution in [0.5, 0.6) is 0 Å². The van der Waals surface area contributed by atoms with Crippen LogP contribution in [0, 0.1) is 0 Å². The van der Waals surface area contributed by atoms with Crippen molar-refractivity contribution in [3.8, 4) is 0 Å². The second-order valence-corrected chi connectivity index (χ2v) is 4.92. The molecule has 1 N–H and O–H groups in total. The fraction of sp³-hybridized carbons (Fsp3) is 0.615. The van der Waals surface area contributed by atoms with Crippen LogP contribution in [0.2, 0.25) is 0 Å². The first kappa shape index (κ1) is 11.6. The smallest absolute Gasteiger partial charge is 0.0774 e. The Bertz CT molecular complexity index is 320. The highest BCUT2D eigenvalue weighted by atomic mass is 16.3. The second kappa shape index (κ2) is 4.93. The van der Waals surface area contributed by atoms with E-state index in [4.69, 9.17) is 0 Å². The minimum atomic E-state index is -0.455. The number of rotatable bonds is 4. The highest BCUT2D eigenvalue weighted by molar-refractivity contribution is 5.03. The van der Waals surface area contributed by atoms with E-state index in [1.807, 2.05) is 31.4 Å². The van der Waals surface area contributed by atoms with Crippen LogP contribution >= 0.6 is 0 Å². The molecule has 0 aliphatic heterocycles. The van der Waals surface area contributed by atoms with E-state index in [1.165, 1.54) is 0 Å². The molecule has 1 aromatic heterocycles. The zero-order valence-electron chi connectivity index (χ0n) is 9.89. The maximum atomic E-state index is 10.3. The third-order valence-electron chi connectivity index (χ3n) is 3.26. The molecule has 0 saturated heterocycles. The molecular formula is C13H20N2O. The Morgan fingerprint density at radius 3 is 2.75 bits per heavy atom. The summed E-state index contributed by atoms with van der Waals surface area (Å²) < 4.78 is 0. The van der Waals surface area contributed by atoms with Crippen LogP contribution < -0.4 is 0 Å². The average molecular weight is 220 g/mol. The molecule has 2 rings (SSSR count). The van der Waals surface area contributed by atoms with Crippen molar-refractivity contribution in [3.63, 3.8) is 0 Å².